The zero-order valence-electron chi connectivity index (χ0n) is 11.7. The number of nitrogens with one attached hydrogen (secondary N) is 1. The average molecular weight is 284 g/mol. The molecule has 0 aromatic rings. The highest BCUT2D eigenvalue weighted by molar-refractivity contribution is 8.31. The summed E-state index contributed by atoms with van der Waals surface area (Å²) >= 11 is 0. The van der Waals surface area contributed by atoms with E-state index in [2.05, 4.69) is 5.32 Å². The summed E-state index contributed by atoms with van der Waals surface area (Å²) in [5.41, 5.74) is 0. The summed E-state index contributed by atoms with van der Waals surface area (Å²) in [4.78, 5) is 17.1. The van der Waals surface area contributed by atoms with Crippen LogP contribution in [-0.2, 0) is 4.79 Å². The Morgan fingerprint density at radius 2 is 2.11 bits per heavy atom. The molecule has 1 N–H and O–H groups in total. The minimum Gasteiger partial charge on any atom is -0.301 e. The summed E-state index contributed by atoms with van der Waals surface area (Å²) in [6.07, 6.45) is 4.96. The molecule has 4 atom stereocenters. The normalized spacial score (nSPS) is 40.3. The van der Waals surface area contributed by atoms with Crippen LogP contribution >= 0.6 is 10.5 Å². The van der Waals surface area contributed by atoms with Crippen LogP contribution in [0.15, 0.2) is 4.99 Å². The Kier molecular flexibility index (Phi) is 3.08. The molecule has 19 heavy (non-hydrogen) atoms. The first-order chi connectivity index (χ1) is 8.86. The highest BCUT2D eigenvalue weighted by Gasteiger charge is 2.41. The topological polar surface area (TPSA) is 41.5 Å². The number of hydrogen-bond donors (Lipinski definition) is 1. The van der Waals surface area contributed by atoms with Crippen molar-refractivity contribution < 1.29 is 9.18 Å². The summed E-state index contributed by atoms with van der Waals surface area (Å²) in [6.45, 7) is 4.80. The summed E-state index contributed by atoms with van der Waals surface area (Å²) in [7, 11) is -0.816. The monoisotopic (exact) mass is 284 g/mol. The van der Waals surface area contributed by atoms with Gasteiger partial charge in [-0.25, -0.2) is 4.39 Å². The molecule has 3 rings (SSSR count). The van der Waals surface area contributed by atoms with Crippen LogP contribution in [0.2, 0.25) is 0 Å². The van der Waals surface area contributed by atoms with E-state index < -0.39 is 15.5 Å². The van der Waals surface area contributed by atoms with E-state index >= 15 is 0 Å². The van der Waals surface area contributed by atoms with Crippen molar-refractivity contribution in [3.05, 3.63) is 0 Å². The molecule has 106 valence electrons. The van der Waals surface area contributed by atoms with Gasteiger partial charge in [0.05, 0.1) is 6.04 Å². The highest BCUT2D eigenvalue weighted by atomic mass is 32.2. The van der Waals surface area contributed by atoms with E-state index in [0.717, 1.165) is 12.3 Å². The quantitative estimate of drug-likeness (QED) is 0.778. The SMILES string of the molecule is CC1=S(C(C)(C)F)C(=NC2CC3CCC2C3)NC1=O. The maximum absolute atomic E-state index is 14.3. The lowest BCUT2D eigenvalue weighted by Crippen LogP contribution is -2.28. The molecule has 1 aliphatic heterocycles. The van der Waals surface area contributed by atoms with Gasteiger partial charge in [0.25, 0.3) is 5.91 Å². The number of rotatable bonds is 2. The molecule has 1 amide bonds. The van der Waals surface area contributed by atoms with Gasteiger partial charge < -0.3 is 5.32 Å². The lowest BCUT2D eigenvalue weighted by molar-refractivity contribution is -0.113. The minimum absolute atomic E-state index is 0.157. The van der Waals surface area contributed by atoms with Crippen LogP contribution < -0.4 is 5.32 Å². The van der Waals surface area contributed by atoms with Gasteiger partial charge in [0.2, 0.25) is 0 Å². The number of carbonyl (C=O) groups excluding carboxylic acids is 1. The van der Waals surface area contributed by atoms with Crippen molar-refractivity contribution in [1.82, 2.24) is 5.32 Å². The van der Waals surface area contributed by atoms with Crippen molar-refractivity contribution in [2.24, 2.45) is 16.8 Å². The summed E-state index contributed by atoms with van der Waals surface area (Å²) < 4.78 is 14.3. The number of carbonyl (C=O) groups is 1. The summed E-state index contributed by atoms with van der Waals surface area (Å²) in [5, 5.41) is 1.97. The Balaban J connectivity index is 1.90. The molecular weight excluding hydrogens is 263 g/mol. The van der Waals surface area contributed by atoms with Crippen LogP contribution in [0.3, 0.4) is 0 Å². The first-order valence-corrected chi connectivity index (χ1v) is 8.24. The molecule has 0 radical (unpaired) electrons. The fourth-order valence-electron chi connectivity index (χ4n) is 3.67. The fourth-order valence-corrected chi connectivity index (χ4v) is 5.82. The van der Waals surface area contributed by atoms with Crippen molar-refractivity contribution in [3.63, 3.8) is 0 Å². The van der Waals surface area contributed by atoms with E-state index in [1.165, 1.54) is 33.1 Å². The Hall–Kier alpha value is -0.710. The molecule has 0 spiro atoms. The molecule has 0 aromatic carbocycles. The van der Waals surface area contributed by atoms with E-state index in [1.54, 1.807) is 6.92 Å². The highest BCUT2D eigenvalue weighted by Crippen LogP contribution is 2.47. The number of amidine groups is 1. The number of alkyl halides is 1. The number of amides is 1. The number of hydrogen-bond acceptors (Lipinski definition) is 2. The van der Waals surface area contributed by atoms with Crippen molar-refractivity contribution >= 4 is 26.4 Å². The van der Waals surface area contributed by atoms with Crippen LogP contribution in [0.25, 0.3) is 0 Å². The number of aliphatic imine (C=N–C) groups is 1. The minimum atomic E-state index is -1.42. The van der Waals surface area contributed by atoms with Gasteiger partial charge in [-0.3, -0.25) is 9.79 Å². The summed E-state index contributed by atoms with van der Waals surface area (Å²) in [6, 6.07) is 0.303. The van der Waals surface area contributed by atoms with Crippen LogP contribution in [0, 0.1) is 11.8 Å². The Morgan fingerprint density at radius 3 is 2.63 bits per heavy atom. The van der Waals surface area contributed by atoms with Crippen molar-refractivity contribution in [1.29, 1.82) is 0 Å². The largest absolute Gasteiger partial charge is 0.301 e. The van der Waals surface area contributed by atoms with Crippen LogP contribution in [0.5, 0.6) is 0 Å². The molecule has 0 aromatic heterocycles. The molecule has 3 nitrogen and oxygen atoms in total. The standard InChI is InChI=1S/C14H21FN2OS/c1-8-12(18)17-13(19(8)14(2,3)15)16-11-7-9-4-5-10(11)6-9/h9-11H,4-7H2,1-3H3,(H,16,17,18). The van der Waals surface area contributed by atoms with Crippen LogP contribution in [0.1, 0.15) is 46.5 Å². The predicted molar refractivity (Wildman–Crippen MR) is 78.3 cm³/mol. The molecule has 4 unspecified atom stereocenters. The van der Waals surface area contributed by atoms with Gasteiger partial charge in [-0.2, -0.15) is 0 Å². The number of nitrogens with zero attached hydrogens (tertiary/aromatic N) is 1. The zero-order chi connectivity index (χ0) is 13.8. The second-order valence-corrected chi connectivity index (χ2v) is 8.94. The smallest absolute Gasteiger partial charge is 0.258 e. The Bertz CT molecular complexity index is 492. The molecule has 2 saturated carbocycles. The van der Waals surface area contributed by atoms with E-state index in [4.69, 9.17) is 4.99 Å². The molecular formula is C14H21FN2OS. The second-order valence-electron chi connectivity index (χ2n) is 6.36. The van der Waals surface area contributed by atoms with Crippen molar-refractivity contribution in [3.8, 4) is 0 Å². The molecule has 1 heterocycles. The maximum atomic E-state index is 14.3. The predicted octanol–water partition coefficient (Wildman–Crippen LogP) is 2.83. The molecule has 0 saturated heterocycles. The van der Waals surface area contributed by atoms with E-state index in [9.17, 15) is 9.18 Å². The van der Waals surface area contributed by atoms with Gasteiger partial charge in [0.15, 0.2) is 10.2 Å². The first-order valence-electron chi connectivity index (χ1n) is 7.02. The van der Waals surface area contributed by atoms with Crippen molar-refractivity contribution in [2.45, 2.75) is 57.5 Å². The molecule has 2 fully saturated rings. The van der Waals surface area contributed by atoms with Gasteiger partial charge in [0.1, 0.15) is 0 Å². The Morgan fingerprint density at radius 1 is 1.37 bits per heavy atom. The van der Waals surface area contributed by atoms with Gasteiger partial charge >= 0.3 is 0 Å². The third-order valence-corrected chi connectivity index (χ3v) is 6.87. The zero-order valence-corrected chi connectivity index (χ0v) is 12.5. The first kappa shape index (κ1) is 13.3. The van der Waals surface area contributed by atoms with Gasteiger partial charge in [0, 0.05) is 4.86 Å². The molecule has 2 bridgehead atoms. The van der Waals surface area contributed by atoms with Crippen molar-refractivity contribution in [2.75, 3.05) is 0 Å². The van der Waals surface area contributed by atoms with Gasteiger partial charge in [-0.15, -0.1) is 0 Å². The lowest BCUT2D eigenvalue weighted by atomic mass is 9.96. The van der Waals surface area contributed by atoms with Crippen LogP contribution in [0.4, 0.5) is 4.39 Å². The van der Waals surface area contributed by atoms with E-state index in [1.807, 2.05) is 0 Å². The fraction of sp³-hybridized carbons (Fsp3) is 0.786. The number of halogens is 1. The number of fused-ring (bicyclic) bond motifs is 2. The van der Waals surface area contributed by atoms with Crippen LogP contribution in [-0.4, -0.2) is 27.0 Å². The third-order valence-electron chi connectivity index (χ3n) is 4.51. The average Bonchev–Trinajstić information content (AvgIpc) is 2.94. The van der Waals surface area contributed by atoms with E-state index in [-0.39, 0.29) is 5.91 Å². The molecule has 5 heteroatoms. The van der Waals surface area contributed by atoms with Gasteiger partial charge in [-0.05, 0) is 51.9 Å². The van der Waals surface area contributed by atoms with Gasteiger partial charge in [-0.1, -0.05) is 16.9 Å². The molecule has 2 aliphatic carbocycles. The summed E-state index contributed by atoms with van der Waals surface area (Å²) in [5.74, 6) is 1.31. The third kappa shape index (κ3) is 2.26. The second kappa shape index (κ2) is 4.40. The molecule has 3 aliphatic rings. The van der Waals surface area contributed by atoms with E-state index in [0.29, 0.717) is 22.0 Å². The lowest BCUT2D eigenvalue weighted by Gasteiger charge is -2.22. The Labute approximate surface area is 116 Å². The maximum Gasteiger partial charge on any atom is 0.258 e.